The van der Waals surface area contributed by atoms with Crippen LogP contribution >= 0.6 is 28.3 Å². The molecule has 0 spiro atoms. The van der Waals surface area contributed by atoms with Gasteiger partial charge in [-0.1, -0.05) is 40.2 Å². The minimum atomic E-state index is -0.829. The van der Waals surface area contributed by atoms with Crippen molar-refractivity contribution in [3.63, 3.8) is 0 Å². The van der Waals surface area contributed by atoms with Crippen LogP contribution < -0.4 is 25.0 Å². The lowest BCUT2D eigenvalue weighted by Gasteiger charge is -2.27. The van der Waals surface area contributed by atoms with Gasteiger partial charge in [0.1, 0.15) is 24.1 Å². The maximum Gasteiger partial charge on any atom is 0.253 e. The number of hydrogen-bond acceptors (Lipinski definition) is 5. The number of aryl methyl sites for hydroxylation is 1. The molecular formula is C26H29BrClN3O4. The number of benzene rings is 3. The number of anilines is 1. The number of amides is 2. The molecule has 0 aliphatic carbocycles. The molecule has 1 aliphatic rings. The zero-order chi connectivity index (χ0) is 24.4. The third-order valence-corrected chi connectivity index (χ3v) is 6.66. The minimum absolute atomic E-state index is 0. The zero-order valence-corrected chi connectivity index (χ0v) is 22.5. The number of nitrogens with one attached hydrogen (secondary N) is 2. The monoisotopic (exact) mass is 561 g/mol. The number of carbonyl (C=O) groups excluding carboxylic acids is 2. The van der Waals surface area contributed by atoms with E-state index in [4.69, 9.17) is 9.47 Å². The van der Waals surface area contributed by atoms with Crippen molar-refractivity contribution in [3.05, 3.63) is 64.1 Å². The Morgan fingerprint density at radius 2 is 2.03 bits per heavy atom. The average molecular weight is 563 g/mol. The van der Waals surface area contributed by atoms with Crippen molar-refractivity contribution in [2.45, 2.75) is 32.5 Å². The van der Waals surface area contributed by atoms with Gasteiger partial charge in [0.2, 0.25) is 5.91 Å². The highest BCUT2D eigenvalue weighted by molar-refractivity contribution is 9.10. The smallest absolute Gasteiger partial charge is 0.253 e. The maximum absolute atomic E-state index is 13.8. The number of hydrogen-bond donors (Lipinski definition) is 2. The number of para-hydroxylation sites is 1. The molecule has 7 nitrogen and oxygen atoms in total. The molecule has 4 rings (SSSR count). The summed E-state index contributed by atoms with van der Waals surface area (Å²) in [6.07, 6.45) is 0. The predicted octanol–water partition coefficient (Wildman–Crippen LogP) is 4.36. The van der Waals surface area contributed by atoms with Crippen LogP contribution in [0, 0.1) is 6.92 Å². The van der Waals surface area contributed by atoms with Crippen LogP contribution in [0.2, 0.25) is 0 Å². The van der Waals surface area contributed by atoms with E-state index in [2.05, 4.69) is 26.6 Å². The van der Waals surface area contributed by atoms with Crippen LogP contribution in [0.15, 0.2) is 53.0 Å². The van der Waals surface area contributed by atoms with Crippen molar-refractivity contribution in [2.24, 2.45) is 0 Å². The summed E-state index contributed by atoms with van der Waals surface area (Å²) in [4.78, 5) is 28.1. The molecule has 2 N–H and O–H groups in total. The van der Waals surface area contributed by atoms with Gasteiger partial charge in [-0.3, -0.25) is 9.59 Å². The lowest BCUT2D eigenvalue weighted by Crippen LogP contribution is -2.53. The van der Waals surface area contributed by atoms with E-state index in [-0.39, 0.29) is 37.4 Å². The Labute approximate surface area is 219 Å². The Morgan fingerprint density at radius 1 is 1.26 bits per heavy atom. The molecule has 0 unspecified atom stereocenters. The van der Waals surface area contributed by atoms with Gasteiger partial charge >= 0.3 is 0 Å². The Kier molecular flexibility index (Phi) is 8.64. The first-order valence-corrected chi connectivity index (χ1v) is 11.9. The molecular weight excluding hydrogens is 534 g/mol. The molecule has 3 aromatic rings. The van der Waals surface area contributed by atoms with E-state index in [1.807, 2.05) is 55.5 Å². The first kappa shape index (κ1) is 26.8. The van der Waals surface area contributed by atoms with Crippen LogP contribution in [-0.2, 0) is 16.1 Å². The van der Waals surface area contributed by atoms with Crippen LogP contribution in [0.5, 0.6) is 11.5 Å². The lowest BCUT2D eigenvalue weighted by molar-refractivity contribution is -0.129. The highest BCUT2D eigenvalue weighted by Gasteiger charge is 2.34. The van der Waals surface area contributed by atoms with E-state index in [9.17, 15) is 9.59 Å². The van der Waals surface area contributed by atoms with Crippen LogP contribution in [0.3, 0.4) is 0 Å². The fourth-order valence-electron chi connectivity index (χ4n) is 4.13. The summed E-state index contributed by atoms with van der Waals surface area (Å²) >= 11 is 3.53. The summed E-state index contributed by atoms with van der Waals surface area (Å²) in [5.41, 5.74) is 2.46. The van der Waals surface area contributed by atoms with Crippen molar-refractivity contribution in [3.8, 4) is 11.5 Å². The predicted molar refractivity (Wildman–Crippen MR) is 144 cm³/mol. The molecule has 2 amide bonds. The fraction of sp³-hybridized carbons (Fsp3) is 0.308. The largest absolute Gasteiger partial charge is 0.496 e. The molecule has 3 aromatic carbocycles. The minimum Gasteiger partial charge on any atom is -0.496 e. The number of fused-ring (bicyclic) bond motifs is 2. The van der Waals surface area contributed by atoms with Gasteiger partial charge < -0.3 is 25.0 Å². The molecule has 9 heteroatoms. The van der Waals surface area contributed by atoms with Crippen molar-refractivity contribution < 1.29 is 19.1 Å². The van der Waals surface area contributed by atoms with Crippen molar-refractivity contribution in [2.75, 3.05) is 25.7 Å². The molecule has 1 heterocycles. The first-order chi connectivity index (χ1) is 16.3. The van der Waals surface area contributed by atoms with E-state index >= 15 is 0 Å². The summed E-state index contributed by atoms with van der Waals surface area (Å²) in [6.45, 7) is 4.00. The molecule has 186 valence electrons. The van der Waals surface area contributed by atoms with E-state index in [0.717, 1.165) is 26.4 Å². The van der Waals surface area contributed by atoms with Gasteiger partial charge in [-0.2, -0.15) is 0 Å². The Morgan fingerprint density at radius 3 is 2.74 bits per heavy atom. The Hall–Kier alpha value is -2.81. The van der Waals surface area contributed by atoms with E-state index in [1.165, 1.54) is 0 Å². The average Bonchev–Trinajstić information content (AvgIpc) is 2.96. The van der Waals surface area contributed by atoms with Gasteiger partial charge in [0.25, 0.3) is 5.91 Å². The molecule has 0 saturated heterocycles. The van der Waals surface area contributed by atoms with Gasteiger partial charge in [0.05, 0.1) is 25.4 Å². The third-order valence-electron chi connectivity index (χ3n) is 6.17. The molecule has 35 heavy (non-hydrogen) atoms. The molecule has 2 atom stereocenters. The van der Waals surface area contributed by atoms with Gasteiger partial charge in [0, 0.05) is 10.0 Å². The zero-order valence-electron chi connectivity index (χ0n) is 20.1. The topological polar surface area (TPSA) is 79.9 Å². The fourth-order valence-corrected chi connectivity index (χ4v) is 4.51. The SMILES string of the molecule is CN[C@@H](C)C(=O)N[C@H]1COc2c(C)cccc2N(Cc2c(OC)ccc3cc(Br)ccc23)C1=O.Cl. The third kappa shape index (κ3) is 5.39. The Balaban J connectivity index is 0.00000342. The lowest BCUT2D eigenvalue weighted by atomic mass is 10.0. The molecule has 0 aromatic heterocycles. The van der Waals surface area contributed by atoms with E-state index in [1.54, 1.807) is 26.0 Å². The summed E-state index contributed by atoms with van der Waals surface area (Å²) in [7, 11) is 3.32. The van der Waals surface area contributed by atoms with Gasteiger partial charge in [0.15, 0.2) is 0 Å². The number of ether oxygens (including phenoxy) is 2. The van der Waals surface area contributed by atoms with Crippen LogP contribution in [0.4, 0.5) is 5.69 Å². The summed E-state index contributed by atoms with van der Waals surface area (Å²) < 4.78 is 12.7. The molecule has 0 fully saturated rings. The number of carbonyl (C=O) groups is 2. The number of likely N-dealkylation sites (N-methyl/N-ethyl adjacent to an activating group) is 1. The second-order valence-electron chi connectivity index (χ2n) is 8.34. The molecule has 0 bridgehead atoms. The van der Waals surface area contributed by atoms with E-state index < -0.39 is 12.1 Å². The van der Waals surface area contributed by atoms with Crippen LogP contribution in [-0.4, -0.2) is 44.7 Å². The molecule has 0 radical (unpaired) electrons. The normalized spacial score (nSPS) is 16.0. The quantitative estimate of drug-likeness (QED) is 0.467. The van der Waals surface area contributed by atoms with Crippen molar-refractivity contribution in [1.82, 2.24) is 10.6 Å². The summed E-state index contributed by atoms with van der Waals surface area (Å²) in [5, 5.41) is 7.77. The van der Waals surface area contributed by atoms with Crippen molar-refractivity contribution in [1.29, 1.82) is 0 Å². The highest BCUT2D eigenvalue weighted by atomic mass is 79.9. The van der Waals surface area contributed by atoms with Crippen LogP contribution in [0.25, 0.3) is 10.8 Å². The standard InChI is InChI=1S/C26H28BrN3O4.ClH/c1-15-6-5-7-22-24(15)34-14-21(29-25(31)16(2)28-3)26(32)30(22)13-20-19-10-9-18(27)12-17(19)8-11-23(20)33-4;/h5-12,16,21,28H,13-14H2,1-4H3,(H,29,31);1H/t16-,21-;/m0./s1. The number of methoxy groups -OCH3 is 1. The number of nitrogens with zero attached hydrogens (tertiary/aromatic N) is 1. The van der Waals surface area contributed by atoms with Gasteiger partial charge in [-0.05, 0) is 61.5 Å². The van der Waals surface area contributed by atoms with Crippen LogP contribution in [0.1, 0.15) is 18.1 Å². The Bertz CT molecular complexity index is 1250. The maximum atomic E-state index is 13.8. The highest BCUT2D eigenvalue weighted by Crippen LogP contribution is 2.38. The van der Waals surface area contributed by atoms with Crippen molar-refractivity contribution >= 4 is 56.6 Å². The summed E-state index contributed by atoms with van der Waals surface area (Å²) in [5.74, 6) is 0.819. The molecule has 0 saturated carbocycles. The van der Waals surface area contributed by atoms with E-state index in [0.29, 0.717) is 17.2 Å². The molecule has 1 aliphatic heterocycles. The first-order valence-electron chi connectivity index (χ1n) is 11.1. The second-order valence-corrected chi connectivity index (χ2v) is 9.26. The second kappa shape index (κ2) is 11.3. The number of rotatable bonds is 6. The number of halogens is 2. The van der Waals surface area contributed by atoms with Gasteiger partial charge in [-0.15, -0.1) is 12.4 Å². The van der Waals surface area contributed by atoms with Gasteiger partial charge in [-0.25, -0.2) is 0 Å². The summed E-state index contributed by atoms with van der Waals surface area (Å²) in [6, 6.07) is 14.4.